The first kappa shape index (κ1) is 15.8. The molecule has 0 saturated heterocycles. The number of nitrogens with zero attached hydrogens (tertiary/aromatic N) is 1. The molecule has 0 aliphatic carbocycles. The third-order valence-corrected chi connectivity index (χ3v) is 2.78. The lowest BCUT2D eigenvalue weighted by atomic mass is 10.1. The van der Waals surface area contributed by atoms with E-state index in [4.69, 9.17) is 15.1 Å². The Morgan fingerprint density at radius 1 is 1.30 bits per heavy atom. The molecular formula is C16H19NO3. The van der Waals surface area contributed by atoms with Crippen LogP contribution in [0.5, 0.6) is 5.75 Å². The van der Waals surface area contributed by atoms with Gasteiger partial charge in [0.25, 0.3) is 0 Å². The van der Waals surface area contributed by atoms with E-state index < -0.39 is 5.97 Å². The van der Waals surface area contributed by atoms with E-state index in [1.165, 1.54) is 18.2 Å². The fourth-order valence-corrected chi connectivity index (χ4v) is 1.65. The molecule has 0 aliphatic heterocycles. The summed E-state index contributed by atoms with van der Waals surface area (Å²) in [5.74, 6) is -0.462. The molecule has 20 heavy (non-hydrogen) atoms. The van der Waals surface area contributed by atoms with Gasteiger partial charge in [0.05, 0.1) is 6.61 Å². The number of phenolic OH excluding ortho intramolecular Hbond substituents is 1. The zero-order valence-corrected chi connectivity index (χ0v) is 11.6. The van der Waals surface area contributed by atoms with Gasteiger partial charge in [0.1, 0.15) is 17.4 Å². The summed E-state index contributed by atoms with van der Waals surface area (Å²) in [5.41, 5.74) is 0.633. The molecule has 4 heteroatoms. The summed E-state index contributed by atoms with van der Waals surface area (Å²) in [4.78, 5) is 11.7. The summed E-state index contributed by atoms with van der Waals surface area (Å²) in [6.07, 6.45) is 5.53. The van der Waals surface area contributed by atoms with Crippen LogP contribution in [-0.4, -0.2) is 17.7 Å². The van der Waals surface area contributed by atoms with Gasteiger partial charge in [0, 0.05) is 0 Å². The second-order valence-corrected chi connectivity index (χ2v) is 4.46. The average Bonchev–Trinajstić information content (AvgIpc) is 2.46. The van der Waals surface area contributed by atoms with E-state index in [0.717, 1.165) is 25.7 Å². The van der Waals surface area contributed by atoms with Crippen LogP contribution in [0.25, 0.3) is 6.08 Å². The molecule has 4 nitrogen and oxygen atoms in total. The Morgan fingerprint density at radius 3 is 2.60 bits per heavy atom. The maximum Gasteiger partial charge on any atom is 0.348 e. The molecule has 0 bridgehead atoms. The van der Waals surface area contributed by atoms with Crippen molar-refractivity contribution in [2.24, 2.45) is 0 Å². The summed E-state index contributed by atoms with van der Waals surface area (Å²) < 4.78 is 5.06. The number of hydrogen-bond donors (Lipinski definition) is 1. The van der Waals surface area contributed by atoms with Gasteiger partial charge in [0.15, 0.2) is 0 Å². The number of nitriles is 1. The van der Waals surface area contributed by atoms with Crippen molar-refractivity contribution in [2.75, 3.05) is 6.61 Å². The Balaban J connectivity index is 2.55. The molecule has 1 aromatic carbocycles. The van der Waals surface area contributed by atoms with Gasteiger partial charge in [0.2, 0.25) is 0 Å². The molecule has 0 radical (unpaired) electrons. The van der Waals surface area contributed by atoms with E-state index in [-0.39, 0.29) is 11.3 Å². The third-order valence-electron chi connectivity index (χ3n) is 2.78. The normalized spacial score (nSPS) is 10.9. The topological polar surface area (TPSA) is 70.3 Å². The highest BCUT2D eigenvalue weighted by Gasteiger charge is 2.10. The van der Waals surface area contributed by atoms with E-state index in [1.54, 1.807) is 12.1 Å². The zero-order chi connectivity index (χ0) is 14.8. The fourth-order valence-electron chi connectivity index (χ4n) is 1.65. The lowest BCUT2D eigenvalue weighted by molar-refractivity contribution is -0.138. The van der Waals surface area contributed by atoms with Crippen molar-refractivity contribution in [2.45, 2.75) is 32.6 Å². The van der Waals surface area contributed by atoms with Crippen molar-refractivity contribution in [3.63, 3.8) is 0 Å². The molecule has 106 valence electrons. The average molecular weight is 273 g/mol. The first-order chi connectivity index (χ1) is 9.67. The summed E-state index contributed by atoms with van der Waals surface area (Å²) in [7, 11) is 0. The Bertz CT molecular complexity index is 497. The van der Waals surface area contributed by atoms with Crippen LogP contribution in [0.3, 0.4) is 0 Å². The lowest BCUT2D eigenvalue weighted by Gasteiger charge is -2.03. The number of ether oxygens (including phenoxy) is 1. The van der Waals surface area contributed by atoms with E-state index in [0.29, 0.717) is 12.2 Å². The molecular weight excluding hydrogens is 254 g/mol. The van der Waals surface area contributed by atoms with Gasteiger partial charge in [-0.15, -0.1) is 0 Å². The highest BCUT2D eigenvalue weighted by atomic mass is 16.5. The second kappa shape index (κ2) is 8.76. The number of aromatic hydroxyl groups is 1. The largest absolute Gasteiger partial charge is 0.508 e. The van der Waals surface area contributed by atoms with Crippen LogP contribution in [0.2, 0.25) is 0 Å². The summed E-state index contributed by atoms with van der Waals surface area (Å²) in [5, 5.41) is 18.2. The molecule has 1 rings (SSSR count). The van der Waals surface area contributed by atoms with Crippen molar-refractivity contribution in [3.05, 3.63) is 35.4 Å². The maximum absolute atomic E-state index is 11.7. The van der Waals surface area contributed by atoms with Crippen molar-refractivity contribution in [1.82, 2.24) is 0 Å². The number of rotatable bonds is 7. The molecule has 0 heterocycles. The van der Waals surface area contributed by atoms with Crippen LogP contribution >= 0.6 is 0 Å². The number of phenols is 1. The Morgan fingerprint density at radius 2 is 2.00 bits per heavy atom. The number of esters is 1. The molecule has 0 atom stereocenters. The molecule has 0 amide bonds. The van der Waals surface area contributed by atoms with Crippen LogP contribution in [0, 0.1) is 11.3 Å². The van der Waals surface area contributed by atoms with Gasteiger partial charge in [-0.2, -0.15) is 5.26 Å². The van der Waals surface area contributed by atoms with Gasteiger partial charge in [-0.1, -0.05) is 38.3 Å². The van der Waals surface area contributed by atoms with E-state index in [1.807, 2.05) is 6.07 Å². The first-order valence-electron chi connectivity index (χ1n) is 6.75. The van der Waals surface area contributed by atoms with Crippen LogP contribution in [-0.2, 0) is 9.53 Å². The third kappa shape index (κ3) is 5.57. The molecule has 0 spiro atoms. The van der Waals surface area contributed by atoms with Crippen molar-refractivity contribution < 1.29 is 14.6 Å². The van der Waals surface area contributed by atoms with Gasteiger partial charge in [-0.3, -0.25) is 0 Å². The number of carbonyl (C=O) groups excluding carboxylic acids is 1. The summed E-state index contributed by atoms with van der Waals surface area (Å²) in [6, 6.07) is 8.09. The Labute approximate surface area is 119 Å². The molecule has 0 unspecified atom stereocenters. The minimum absolute atomic E-state index is 0.0359. The highest BCUT2D eigenvalue weighted by Crippen LogP contribution is 2.13. The Hall–Kier alpha value is -2.28. The van der Waals surface area contributed by atoms with Gasteiger partial charge in [-0.25, -0.2) is 4.79 Å². The lowest BCUT2D eigenvalue weighted by Crippen LogP contribution is -2.08. The first-order valence-corrected chi connectivity index (χ1v) is 6.75. The molecule has 1 N–H and O–H groups in total. The van der Waals surface area contributed by atoms with E-state index in [2.05, 4.69) is 6.92 Å². The number of benzene rings is 1. The maximum atomic E-state index is 11.7. The predicted molar refractivity (Wildman–Crippen MR) is 76.8 cm³/mol. The minimum Gasteiger partial charge on any atom is -0.508 e. The smallest absolute Gasteiger partial charge is 0.348 e. The van der Waals surface area contributed by atoms with Crippen molar-refractivity contribution >= 4 is 12.0 Å². The molecule has 0 fully saturated rings. The Kier molecular flexibility index (Phi) is 6.91. The SMILES string of the molecule is CCCCCCOC(=O)/C(C#N)=C\c1ccc(O)cc1. The molecule has 0 aromatic heterocycles. The number of carbonyl (C=O) groups is 1. The summed E-state index contributed by atoms with van der Waals surface area (Å²) in [6.45, 7) is 2.45. The molecule has 0 saturated carbocycles. The highest BCUT2D eigenvalue weighted by molar-refractivity contribution is 5.97. The van der Waals surface area contributed by atoms with Gasteiger partial charge in [-0.05, 0) is 30.2 Å². The van der Waals surface area contributed by atoms with Crippen LogP contribution in [0.4, 0.5) is 0 Å². The van der Waals surface area contributed by atoms with Gasteiger partial charge < -0.3 is 9.84 Å². The van der Waals surface area contributed by atoms with E-state index >= 15 is 0 Å². The minimum atomic E-state index is -0.600. The number of hydrogen-bond acceptors (Lipinski definition) is 4. The van der Waals surface area contributed by atoms with Gasteiger partial charge >= 0.3 is 5.97 Å². The number of unbranched alkanes of at least 4 members (excludes halogenated alkanes) is 3. The van der Waals surface area contributed by atoms with Crippen LogP contribution < -0.4 is 0 Å². The monoisotopic (exact) mass is 273 g/mol. The zero-order valence-electron chi connectivity index (χ0n) is 11.6. The summed E-state index contributed by atoms with van der Waals surface area (Å²) >= 11 is 0. The molecule has 1 aromatic rings. The van der Waals surface area contributed by atoms with Crippen molar-refractivity contribution in [1.29, 1.82) is 5.26 Å². The van der Waals surface area contributed by atoms with Crippen molar-refractivity contribution in [3.8, 4) is 11.8 Å². The fraction of sp³-hybridized carbons (Fsp3) is 0.375. The van der Waals surface area contributed by atoms with Crippen LogP contribution in [0.1, 0.15) is 38.2 Å². The predicted octanol–water partition coefficient (Wildman–Crippen LogP) is 3.42. The second-order valence-electron chi connectivity index (χ2n) is 4.46. The van der Waals surface area contributed by atoms with E-state index in [9.17, 15) is 4.79 Å². The standard InChI is InChI=1S/C16H19NO3/c1-2-3-4-5-10-20-16(19)14(12-17)11-13-6-8-15(18)9-7-13/h6-9,11,18H,2-5,10H2,1H3/b14-11-. The van der Waals surface area contributed by atoms with Crippen LogP contribution in [0.15, 0.2) is 29.8 Å². The molecule has 0 aliphatic rings. The quantitative estimate of drug-likeness (QED) is 0.357.